The lowest BCUT2D eigenvalue weighted by Gasteiger charge is -2.62. The van der Waals surface area contributed by atoms with Gasteiger partial charge in [-0.05, 0) is 119 Å². The van der Waals surface area contributed by atoms with Gasteiger partial charge in [0.15, 0.2) is 0 Å². The van der Waals surface area contributed by atoms with Crippen molar-refractivity contribution in [3.05, 3.63) is 83.7 Å². The molecule has 0 saturated heterocycles. The molecule has 1 heterocycles. The fourth-order valence-electron chi connectivity index (χ4n) is 9.80. The summed E-state index contributed by atoms with van der Waals surface area (Å²) in [5.74, 6) is 0.534. The molecule has 8 nitrogen and oxygen atoms in total. The monoisotopic (exact) mass is 697 g/mol. The molecule has 7 atom stereocenters. The molecule has 2 aromatic rings. The predicted octanol–water partition coefficient (Wildman–Crippen LogP) is 8.38. The van der Waals surface area contributed by atoms with Gasteiger partial charge in [-0.2, -0.15) is 0 Å². The van der Waals surface area contributed by atoms with Crippen LogP contribution in [0.25, 0.3) is 5.57 Å². The number of carbonyl (C=O) groups is 3. The zero-order valence-electron chi connectivity index (χ0n) is 31.8. The molecule has 1 aromatic heterocycles. The lowest BCUT2D eigenvalue weighted by Crippen LogP contribution is -2.65. The molecule has 0 spiro atoms. The molecule has 0 aliphatic heterocycles. The molecule has 2 N–H and O–H groups in total. The zero-order valence-corrected chi connectivity index (χ0v) is 31.8. The van der Waals surface area contributed by atoms with E-state index in [0.717, 1.165) is 50.5 Å². The maximum absolute atomic E-state index is 13.1. The Morgan fingerprint density at radius 1 is 1.02 bits per heavy atom. The number of hydrogen-bond donors (Lipinski definition) is 1. The van der Waals surface area contributed by atoms with E-state index in [1.54, 1.807) is 0 Å². The predicted molar refractivity (Wildman–Crippen MR) is 201 cm³/mol. The van der Waals surface area contributed by atoms with Gasteiger partial charge in [0.2, 0.25) is 5.91 Å². The van der Waals surface area contributed by atoms with Crippen molar-refractivity contribution in [1.29, 1.82) is 0 Å². The van der Waals surface area contributed by atoms with Gasteiger partial charge in [-0.3, -0.25) is 19.4 Å². The number of rotatable bonds is 9. The third kappa shape index (κ3) is 8.01. The fourth-order valence-corrected chi connectivity index (χ4v) is 9.80. The number of fused-ring (bicyclic) bond motifs is 5. The first-order chi connectivity index (χ1) is 24.2. The number of amides is 1. The molecule has 1 aromatic carbocycles. The Morgan fingerprint density at radius 2 is 1.75 bits per heavy atom. The summed E-state index contributed by atoms with van der Waals surface area (Å²) in [5.41, 5.74) is 12.2. The van der Waals surface area contributed by atoms with Gasteiger partial charge in [0.25, 0.3) is 6.47 Å². The van der Waals surface area contributed by atoms with Gasteiger partial charge in [-0.15, -0.1) is 0 Å². The molecule has 2 saturated carbocycles. The summed E-state index contributed by atoms with van der Waals surface area (Å²) in [5, 5.41) is 0. The quantitative estimate of drug-likeness (QED) is 0.159. The number of pyridine rings is 1. The van der Waals surface area contributed by atoms with Crippen molar-refractivity contribution in [3.8, 4) is 0 Å². The molecule has 0 bridgehead atoms. The van der Waals surface area contributed by atoms with E-state index >= 15 is 0 Å². The molecule has 7 unspecified atom stereocenters. The van der Waals surface area contributed by atoms with Crippen molar-refractivity contribution in [2.75, 3.05) is 6.54 Å². The van der Waals surface area contributed by atoms with Gasteiger partial charge < -0.3 is 20.1 Å². The third-order valence-electron chi connectivity index (χ3n) is 12.5. The minimum Gasteiger partial charge on any atom is -0.462 e. The van der Waals surface area contributed by atoms with Gasteiger partial charge in [-0.25, -0.2) is 0 Å². The molecule has 0 radical (unpaired) electrons. The van der Waals surface area contributed by atoms with Crippen molar-refractivity contribution in [2.45, 2.75) is 130 Å². The minimum absolute atomic E-state index is 0.0105. The van der Waals surface area contributed by atoms with Crippen LogP contribution in [0.3, 0.4) is 0 Å². The Morgan fingerprint density at radius 3 is 2.37 bits per heavy atom. The number of aromatic nitrogens is 1. The molecule has 2 fully saturated rings. The van der Waals surface area contributed by atoms with E-state index in [4.69, 9.17) is 10.5 Å². The van der Waals surface area contributed by atoms with Crippen molar-refractivity contribution >= 4 is 23.9 Å². The largest absolute Gasteiger partial charge is 0.462 e. The summed E-state index contributed by atoms with van der Waals surface area (Å²) in [6.07, 6.45) is 15.6. The highest BCUT2D eigenvalue weighted by Gasteiger charge is 2.62. The van der Waals surface area contributed by atoms with Crippen LogP contribution in [0.4, 0.5) is 0 Å². The minimum atomic E-state index is -0.318. The Labute approximate surface area is 305 Å². The molecular formula is C43H59N3O5. The van der Waals surface area contributed by atoms with Crippen LogP contribution in [0, 0.1) is 22.7 Å². The fraction of sp³-hybridized carbons (Fsp3) is 0.581. The number of esters is 1. The third-order valence-corrected chi connectivity index (χ3v) is 12.5. The van der Waals surface area contributed by atoms with Crippen LogP contribution in [0.5, 0.6) is 0 Å². The Balaban J connectivity index is 0.000000654. The van der Waals surface area contributed by atoms with Gasteiger partial charge >= 0.3 is 5.97 Å². The van der Waals surface area contributed by atoms with E-state index in [1.165, 1.54) is 16.7 Å². The maximum Gasteiger partial charge on any atom is 0.306 e. The average Bonchev–Trinajstić information content (AvgIpc) is 3.46. The number of allylic oxidation sites excluding steroid dienone is 2. The summed E-state index contributed by atoms with van der Waals surface area (Å²) >= 11 is 0. The van der Waals surface area contributed by atoms with Crippen LogP contribution in [-0.2, 0) is 23.9 Å². The second-order valence-electron chi connectivity index (χ2n) is 16.6. The summed E-state index contributed by atoms with van der Waals surface area (Å²) in [4.78, 5) is 41.9. The van der Waals surface area contributed by atoms with E-state index in [0.29, 0.717) is 24.9 Å². The van der Waals surface area contributed by atoms with Crippen LogP contribution in [-0.4, -0.2) is 52.0 Å². The normalized spacial score (nSPS) is 30.1. The average molecular weight is 698 g/mol. The van der Waals surface area contributed by atoms with Crippen LogP contribution in [0.1, 0.15) is 123 Å². The van der Waals surface area contributed by atoms with E-state index in [2.05, 4.69) is 41.8 Å². The number of hydrogen-bond acceptors (Lipinski definition) is 7. The lowest BCUT2D eigenvalue weighted by molar-refractivity contribution is -0.153. The highest BCUT2D eigenvalue weighted by molar-refractivity contribution is 5.81. The van der Waals surface area contributed by atoms with Crippen LogP contribution >= 0.6 is 0 Å². The first-order valence-electron chi connectivity index (χ1n) is 18.9. The Bertz CT molecular complexity index is 1600. The van der Waals surface area contributed by atoms with Gasteiger partial charge in [0.1, 0.15) is 11.7 Å². The molecule has 6 rings (SSSR count). The molecule has 1 amide bonds. The number of ether oxygens (including phenoxy) is 2. The summed E-state index contributed by atoms with van der Waals surface area (Å²) in [6, 6.07) is 14.2. The van der Waals surface area contributed by atoms with E-state index < -0.39 is 0 Å². The molecule has 4 aliphatic carbocycles. The summed E-state index contributed by atoms with van der Waals surface area (Å²) in [6.45, 7) is 15.4. The highest BCUT2D eigenvalue weighted by Crippen LogP contribution is 2.67. The summed E-state index contributed by atoms with van der Waals surface area (Å²) in [7, 11) is 0. The van der Waals surface area contributed by atoms with Crippen molar-refractivity contribution < 1.29 is 23.9 Å². The van der Waals surface area contributed by atoms with Crippen molar-refractivity contribution in [2.24, 2.45) is 28.4 Å². The SMILES string of the molecule is CC(C)(C)OC=O.CCN(C(=O)CCC(=O)OC1CCC2(C)C(=CCC3(N)C2CCC2(C)C(c4cccnc4)=CCC23)C1)C(C)c1ccccc1. The smallest absolute Gasteiger partial charge is 0.306 e. The van der Waals surface area contributed by atoms with Gasteiger partial charge in [0, 0.05) is 37.3 Å². The first-order valence-corrected chi connectivity index (χ1v) is 18.9. The topological polar surface area (TPSA) is 112 Å². The number of carbonyl (C=O) groups excluding carboxylic acids is 3. The zero-order chi connectivity index (χ0) is 37.0. The Hall–Kier alpha value is -3.78. The second-order valence-corrected chi connectivity index (χ2v) is 16.6. The van der Waals surface area contributed by atoms with Gasteiger partial charge in [-0.1, -0.05) is 68.0 Å². The van der Waals surface area contributed by atoms with Crippen LogP contribution in [0.2, 0.25) is 0 Å². The summed E-state index contributed by atoms with van der Waals surface area (Å²) < 4.78 is 10.6. The van der Waals surface area contributed by atoms with E-state index in [1.807, 2.05) is 88.3 Å². The van der Waals surface area contributed by atoms with Crippen molar-refractivity contribution in [3.63, 3.8) is 0 Å². The maximum atomic E-state index is 13.1. The van der Waals surface area contributed by atoms with E-state index in [-0.39, 0.29) is 58.8 Å². The second kappa shape index (κ2) is 15.4. The highest BCUT2D eigenvalue weighted by atomic mass is 16.5. The molecule has 276 valence electrons. The lowest BCUT2D eigenvalue weighted by atomic mass is 9.44. The van der Waals surface area contributed by atoms with E-state index in [9.17, 15) is 14.4 Å². The number of nitrogens with two attached hydrogens (primary N) is 1. The van der Waals surface area contributed by atoms with Crippen molar-refractivity contribution in [1.82, 2.24) is 9.88 Å². The first kappa shape index (κ1) is 38.5. The molecule has 8 heteroatoms. The van der Waals surface area contributed by atoms with Crippen LogP contribution in [0.15, 0.2) is 72.6 Å². The number of nitrogens with zero attached hydrogens (tertiary/aromatic N) is 2. The number of benzene rings is 1. The molecular weight excluding hydrogens is 638 g/mol. The van der Waals surface area contributed by atoms with Crippen LogP contribution < -0.4 is 5.73 Å². The molecule has 51 heavy (non-hydrogen) atoms. The molecule has 4 aliphatic rings. The standard InChI is InChI=1S/C38H49N3O3.C5H10O2/c1-5-41(26(2)27-10-7-6-8-11-27)34(42)15-16-35(43)44-30-18-20-36(3)29(24-30)17-22-38(39)32-14-13-31(28-12-9-23-40-25-28)37(32,4)21-19-33(36)38;1-5(2,3)7-4-6/h6-13,17,23,25-26,30,32-33H,5,14-16,18-22,24,39H2,1-4H3;4H,1-3H3. The van der Waals surface area contributed by atoms with Gasteiger partial charge in [0.05, 0.1) is 12.5 Å². The Kier molecular flexibility index (Phi) is 11.6.